The van der Waals surface area contributed by atoms with Crippen molar-refractivity contribution in [2.45, 2.75) is 44.4 Å². The standard InChI is InChI=1S/C11H20BrNOS/c1-9-10(2)15-8-7-13(9)11(14)5-3-4-6-12/h9-10H,3-8H2,1-2H3. The van der Waals surface area contributed by atoms with Crippen molar-refractivity contribution >= 4 is 33.6 Å². The van der Waals surface area contributed by atoms with Crippen molar-refractivity contribution in [2.75, 3.05) is 17.6 Å². The summed E-state index contributed by atoms with van der Waals surface area (Å²) in [4.78, 5) is 14.0. The summed E-state index contributed by atoms with van der Waals surface area (Å²) >= 11 is 5.36. The molecule has 1 amide bonds. The van der Waals surface area contributed by atoms with E-state index in [1.54, 1.807) is 0 Å². The number of unbranched alkanes of at least 4 members (excludes halogenated alkanes) is 1. The van der Waals surface area contributed by atoms with E-state index in [0.717, 1.165) is 30.5 Å². The number of carbonyl (C=O) groups excluding carboxylic acids is 1. The highest BCUT2D eigenvalue weighted by Gasteiger charge is 2.28. The molecule has 1 heterocycles. The molecule has 0 aromatic rings. The van der Waals surface area contributed by atoms with Crippen LogP contribution in [0.4, 0.5) is 0 Å². The average molecular weight is 294 g/mol. The van der Waals surface area contributed by atoms with E-state index in [-0.39, 0.29) is 0 Å². The molecule has 0 saturated carbocycles. The molecule has 0 bridgehead atoms. The van der Waals surface area contributed by atoms with Crippen LogP contribution in [-0.2, 0) is 4.79 Å². The van der Waals surface area contributed by atoms with Gasteiger partial charge in [0.05, 0.1) is 0 Å². The first-order valence-electron chi connectivity index (χ1n) is 5.64. The van der Waals surface area contributed by atoms with Gasteiger partial charge in [0.25, 0.3) is 0 Å². The fraction of sp³-hybridized carbons (Fsp3) is 0.909. The van der Waals surface area contributed by atoms with E-state index < -0.39 is 0 Å². The number of halogens is 1. The summed E-state index contributed by atoms with van der Waals surface area (Å²) < 4.78 is 0. The van der Waals surface area contributed by atoms with E-state index in [9.17, 15) is 4.79 Å². The van der Waals surface area contributed by atoms with Crippen LogP contribution >= 0.6 is 27.7 Å². The first-order chi connectivity index (χ1) is 7.16. The second-order valence-corrected chi connectivity index (χ2v) is 6.33. The van der Waals surface area contributed by atoms with Crippen molar-refractivity contribution in [2.24, 2.45) is 0 Å². The summed E-state index contributed by atoms with van der Waals surface area (Å²) in [5.41, 5.74) is 0. The van der Waals surface area contributed by atoms with Gasteiger partial charge in [-0.05, 0) is 19.8 Å². The lowest BCUT2D eigenvalue weighted by Gasteiger charge is -2.37. The van der Waals surface area contributed by atoms with E-state index in [4.69, 9.17) is 0 Å². The Kier molecular flexibility index (Phi) is 6.05. The van der Waals surface area contributed by atoms with Gasteiger partial charge in [-0.25, -0.2) is 0 Å². The zero-order chi connectivity index (χ0) is 11.3. The Labute approximate surface area is 105 Å². The minimum Gasteiger partial charge on any atom is -0.338 e. The highest BCUT2D eigenvalue weighted by atomic mass is 79.9. The molecule has 0 spiro atoms. The molecule has 0 N–H and O–H groups in total. The van der Waals surface area contributed by atoms with Crippen molar-refractivity contribution in [3.8, 4) is 0 Å². The SMILES string of the molecule is CC1SCCN(C(=O)CCCCBr)C1C. The predicted octanol–water partition coefficient (Wildman–Crippen LogP) is 2.90. The zero-order valence-corrected chi connectivity index (χ0v) is 11.9. The van der Waals surface area contributed by atoms with Crippen molar-refractivity contribution in [1.29, 1.82) is 0 Å². The Hall–Kier alpha value is 0.300. The van der Waals surface area contributed by atoms with Gasteiger partial charge in [-0.1, -0.05) is 22.9 Å². The van der Waals surface area contributed by atoms with Gasteiger partial charge < -0.3 is 4.90 Å². The van der Waals surface area contributed by atoms with Gasteiger partial charge in [-0.15, -0.1) is 0 Å². The Bertz CT molecular complexity index is 213. The molecule has 15 heavy (non-hydrogen) atoms. The summed E-state index contributed by atoms with van der Waals surface area (Å²) in [6.07, 6.45) is 2.82. The molecule has 2 unspecified atom stereocenters. The van der Waals surface area contributed by atoms with Gasteiger partial charge >= 0.3 is 0 Å². The number of carbonyl (C=O) groups is 1. The van der Waals surface area contributed by atoms with Gasteiger partial charge in [0.2, 0.25) is 5.91 Å². The highest BCUT2D eigenvalue weighted by molar-refractivity contribution is 9.09. The maximum atomic E-state index is 11.9. The first-order valence-corrected chi connectivity index (χ1v) is 7.81. The molecule has 2 atom stereocenters. The topological polar surface area (TPSA) is 20.3 Å². The van der Waals surface area contributed by atoms with Crippen molar-refractivity contribution in [1.82, 2.24) is 4.90 Å². The zero-order valence-electron chi connectivity index (χ0n) is 9.54. The monoisotopic (exact) mass is 293 g/mol. The van der Waals surface area contributed by atoms with Crippen LogP contribution in [0.3, 0.4) is 0 Å². The third-order valence-corrected chi connectivity index (χ3v) is 4.88. The fourth-order valence-corrected chi connectivity index (χ4v) is 3.30. The maximum Gasteiger partial charge on any atom is 0.222 e. The molecule has 1 aliphatic rings. The van der Waals surface area contributed by atoms with Crippen LogP contribution in [0.15, 0.2) is 0 Å². The Morgan fingerprint density at radius 3 is 2.87 bits per heavy atom. The number of hydrogen-bond acceptors (Lipinski definition) is 2. The molecular weight excluding hydrogens is 274 g/mol. The van der Waals surface area contributed by atoms with Crippen LogP contribution in [0.5, 0.6) is 0 Å². The van der Waals surface area contributed by atoms with Crippen LogP contribution in [0.2, 0.25) is 0 Å². The largest absolute Gasteiger partial charge is 0.338 e. The number of rotatable bonds is 4. The molecule has 1 saturated heterocycles. The van der Waals surface area contributed by atoms with Gasteiger partial charge in [0.15, 0.2) is 0 Å². The number of hydrogen-bond donors (Lipinski definition) is 0. The molecule has 4 heteroatoms. The highest BCUT2D eigenvalue weighted by Crippen LogP contribution is 2.24. The quantitative estimate of drug-likeness (QED) is 0.587. The minimum absolute atomic E-state index is 0.343. The van der Waals surface area contributed by atoms with Crippen molar-refractivity contribution in [3.63, 3.8) is 0 Å². The average Bonchev–Trinajstić information content (AvgIpc) is 2.22. The van der Waals surface area contributed by atoms with Crippen LogP contribution in [0.25, 0.3) is 0 Å². The Balaban J connectivity index is 2.37. The number of alkyl halides is 1. The molecule has 1 rings (SSSR count). The molecule has 1 fully saturated rings. The Morgan fingerprint density at radius 1 is 1.47 bits per heavy atom. The van der Waals surface area contributed by atoms with Crippen LogP contribution in [0.1, 0.15) is 33.1 Å². The van der Waals surface area contributed by atoms with E-state index in [1.165, 1.54) is 0 Å². The summed E-state index contributed by atoms with van der Waals surface area (Å²) in [5, 5.41) is 1.58. The molecule has 1 aliphatic heterocycles. The fourth-order valence-electron chi connectivity index (χ4n) is 1.80. The molecular formula is C11H20BrNOS. The van der Waals surface area contributed by atoms with Gasteiger partial charge in [0.1, 0.15) is 0 Å². The van der Waals surface area contributed by atoms with Crippen molar-refractivity contribution in [3.05, 3.63) is 0 Å². The van der Waals surface area contributed by atoms with E-state index >= 15 is 0 Å². The molecule has 0 aliphatic carbocycles. The summed E-state index contributed by atoms with van der Waals surface area (Å²) in [6, 6.07) is 0.403. The number of nitrogens with zero attached hydrogens (tertiary/aromatic N) is 1. The van der Waals surface area contributed by atoms with Gasteiger partial charge in [0, 0.05) is 35.3 Å². The molecule has 0 radical (unpaired) electrons. The number of thioether (sulfide) groups is 1. The smallest absolute Gasteiger partial charge is 0.222 e. The Morgan fingerprint density at radius 2 is 2.20 bits per heavy atom. The third kappa shape index (κ3) is 3.99. The minimum atomic E-state index is 0.343. The third-order valence-electron chi connectivity index (χ3n) is 2.98. The first kappa shape index (κ1) is 13.4. The van der Waals surface area contributed by atoms with Gasteiger partial charge in [-0.3, -0.25) is 4.79 Å². The van der Waals surface area contributed by atoms with Gasteiger partial charge in [-0.2, -0.15) is 11.8 Å². The normalized spacial score (nSPS) is 26.7. The van der Waals surface area contributed by atoms with Crippen LogP contribution < -0.4 is 0 Å². The lowest BCUT2D eigenvalue weighted by molar-refractivity contribution is -0.133. The van der Waals surface area contributed by atoms with Crippen LogP contribution in [-0.4, -0.2) is 39.7 Å². The molecule has 88 valence electrons. The molecule has 2 nitrogen and oxygen atoms in total. The molecule has 0 aromatic carbocycles. The van der Waals surface area contributed by atoms with E-state index in [1.807, 2.05) is 11.8 Å². The maximum absolute atomic E-state index is 11.9. The summed E-state index contributed by atoms with van der Waals surface area (Å²) in [5.74, 6) is 1.44. The number of amides is 1. The summed E-state index contributed by atoms with van der Waals surface area (Å²) in [6.45, 7) is 5.32. The predicted molar refractivity (Wildman–Crippen MR) is 70.7 cm³/mol. The van der Waals surface area contributed by atoms with Crippen molar-refractivity contribution < 1.29 is 4.79 Å². The molecule has 0 aromatic heterocycles. The second-order valence-electron chi connectivity index (χ2n) is 4.05. The lowest BCUT2D eigenvalue weighted by Crippen LogP contribution is -2.47. The van der Waals surface area contributed by atoms with E-state index in [0.29, 0.717) is 23.6 Å². The lowest BCUT2D eigenvalue weighted by atomic mass is 10.1. The second kappa shape index (κ2) is 6.79. The summed E-state index contributed by atoms with van der Waals surface area (Å²) in [7, 11) is 0. The van der Waals surface area contributed by atoms with Crippen LogP contribution in [0, 0.1) is 0 Å². The van der Waals surface area contributed by atoms with E-state index in [2.05, 4.69) is 34.7 Å².